The van der Waals surface area contributed by atoms with Gasteiger partial charge in [-0.1, -0.05) is 0 Å². The van der Waals surface area contributed by atoms with Crippen LogP contribution < -0.4 is 9.47 Å². The van der Waals surface area contributed by atoms with Crippen molar-refractivity contribution in [1.29, 1.82) is 0 Å². The van der Waals surface area contributed by atoms with Crippen molar-refractivity contribution >= 4 is 6.09 Å². The molecule has 1 atom stereocenters. The minimum Gasteiger partial charge on any atom is -0.493 e. The van der Waals surface area contributed by atoms with Gasteiger partial charge in [-0.25, -0.2) is 4.79 Å². The molecule has 0 aromatic heterocycles. The van der Waals surface area contributed by atoms with Crippen LogP contribution in [-0.4, -0.2) is 37.4 Å². The lowest BCUT2D eigenvalue weighted by Gasteiger charge is -2.44. The maximum absolute atomic E-state index is 12.2. The molecular formula is C16H21NO4. The van der Waals surface area contributed by atoms with Crippen LogP contribution in [0, 0.1) is 0 Å². The standard InChI is InChI=1S/C16H21NO4/c1-15(2)16(3)11-9-13(20-5)12(19-4)8-10(11)6-7-17(16)14(18)21-15/h8-9H,6-7H2,1-5H3/t16-/m1/s1. The number of hydrogen-bond acceptors (Lipinski definition) is 4. The Balaban J connectivity index is 2.23. The van der Waals surface area contributed by atoms with Crippen LogP contribution in [0.3, 0.4) is 0 Å². The van der Waals surface area contributed by atoms with Crippen LogP contribution in [0.15, 0.2) is 12.1 Å². The Kier molecular flexibility index (Phi) is 2.87. The number of amides is 1. The number of ether oxygens (including phenoxy) is 3. The van der Waals surface area contributed by atoms with Crippen molar-refractivity contribution in [3.8, 4) is 11.5 Å². The molecule has 0 saturated carbocycles. The van der Waals surface area contributed by atoms with Crippen molar-refractivity contribution in [3.63, 3.8) is 0 Å². The molecule has 0 bridgehead atoms. The van der Waals surface area contributed by atoms with Crippen LogP contribution >= 0.6 is 0 Å². The lowest BCUT2D eigenvalue weighted by Crippen LogP contribution is -2.54. The number of cyclic esters (lactones) is 1. The summed E-state index contributed by atoms with van der Waals surface area (Å²) in [6.07, 6.45) is 0.541. The number of rotatable bonds is 2. The number of nitrogens with zero attached hydrogens (tertiary/aromatic N) is 1. The van der Waals surface area contributed by atoms with Gasteiger partial charge in [0, 0.05) is 6.54 Å². The molecule has 2 heterocycles. The Morgan fingerprint density at radius 2 is 1.76 bits per heavy atom. The van der Waals surface area contributed by atoms with E-state index in [-0.39, 0.29) is 6.09 Å². The average molecular weight is 291 g/mol. The molecule has 114 valence electrons. The van der Waals surface area contributed by atoms with Crippen LogP contribution in [0.25, 0.3) is 0 Å². The first-order chi connectivity index (χ1) is 9.85. The highest BCUT2D eigenvalue weighted by Gasteiger charge is 2.60. The molecule has 0 N–H and O–H groups in total. The molecule has 5 nitrogen and oxygen atoms in total. The molecule has 0 aliphatic carbocycles. The highest BCUT2D eigenvalue weighted by Crippen LogP contribution is 2.51. The number of benzene rings is 1. The molecule has 1 fully saturated rings. The lowest BCUT2D eigenvalue weighted by atomic mass is 9.73. The normalized spacial score (nSPS) is 26.0. The Labute approximate surface area is 124 Å². The van der Waals surface area contributed by atoms with Gasteiger partial charge in [-0.3, -0.25) is 4.90 Å². The summed E-state index contributed by atoms with van der Waals surface area (Å²) < 4.78 is 16.4. The predicted octanol–water partition coefficient (Wildman–Crippen LogP) is 2.71. The molecule has 0 radical (unpaired) electrons. The van der Waals surface area contributed by atoms with Crippen molar-refractivity contribution in [2.45, 2.75) is 38.3 Å². The summed E-state index contributed by atoms with van der Waals surface area (Å²) in [7, 11) is 3.25. The SMILES string of the molecule is COc1cc2c(cc1OC)[C@@]1(C)N(CC2)C(=O)OC1(C)C. The van der Waals surface area contributed by atoms with E-state index < -0.39 is 11.1 Å². The van der Waals surface area contributed by atoms with Gasteiger partial charge in [0.25, 0.3) is 0 Å². The van der Waals surface area contributed by atoms with Crippen LogP contribution in [0.1, 0.15) is 31.9 Å². The molecule has 1 amide bonds. The van der Waals surface area contributed by atoms with E-state index in [1.165, 1.54) is 5.56 Å². The number of carbonyl (C=O) groups excluding carboxylic acids is 1. The average Bonchev–Trinajstić information content (AvgIpc) is 2.63. The zero-order valence-electron chi connectivity index (χ0n) is 13.1. The van der Waals surface area contributed by atoms with Crippen LogP contribution in [0.2, 0.25) is 0 Å². The van der Waals surface area contributed by atoms with Gasteiger partial charge in [0.15, 0.2) is 11.5 Å². The van der Waals surface area contributed by atoms with E-state index in [0.717, 1.165) is 17.7 Å². The summed E-state index contributed by atoms with van der Waals surface area (Å²) in [6, 6.07) is 3.99. The third-order valence-electron chi connectivity index (χ3n) is 5.01. The fourth-order valence-corrected chi connectivity index (χ4v) is 3.48. The topological polar surface area (TPSA) is 48.0 Å². The maximum atomic E-state index is 12.2. The third kappa shape index (κ3) is 1.66. The summed E-state index contributed by atoms with van der Waals surface area (Å²) in [5.74, 6) is 1.39. The predicted molar refractivity (Wildman–Crippen MR) is 77.9 cm³/mol. The zero-order chi connectivity index (χ0) is 15.4. The molecule has 2 aliphatic rings. The summed E-state index contributed by atoms with van der Waals surface area (Å²) in [5, 5.41) is 0. The van der Waals surface area contributed by atoms with Gasteiger partial charge in [-0.2, -0.15) is 0 Å². The summed E-state index contributed by atoms with van der Waals surface area (Å²) >= 11 is 0. The van der Waals surface area contributed by atoms with Gasteiger partial charge >= 0.3 is 6.09 Å². The largest absolute Gasteiger partial charge is 0.493 e. The second-order valence-electron chi connectivity index (χ2n) is 6.22. The number of hydrogen-bond donors (Lipinski definition) is 0. The van der Waals surface area contributed by atoms with E-state index in [1.54, 1.807) is 14.2 Å². The van der Waals surface area contributed by atoms with E-state index >= 15 is 0 Å². The molecule has 0 spiro atoms. The first-order valence-corrected chi connectivity index (χ1v) is 7.11. The fourth-order valence-electron chi connectivity index (χ4n) is 3.48. The van der Waals surface area contributed by atoms with Crippen molar-refractivity contribution in [3.05, 3.63) is 23.3 Å². The van der Waals surface area contributed by atoms with Crippen LogP contribution in [0.4, 0.5) is 4.79 Å². The molecule has 2 aliphatic heterocycles. The molecule has 0 unspecified atom stereocenters. The highest BCUT2D eigenvalue weighted by atomic mass is 16.6. The van der Waals surface area contributed by atoms with E-state index in [4.69, 9.17) is 14.2 Å². The molecule has 5 heteroatoms. The fraction of sp³-hybridized carbons (Fsp3) is 0.562. The monoisotopic (exact) mass is 291 g/mol. The van der Waals surface area contributed by atoms with Crippen molar-refractivity contribution in [2.75, 3.05) is 20.8 Å². The van der Waals surface area contributed by atoms with Gasteiger partial charge in [0.05, 0.1) is 14.2 Å². The maximum Gasteiger partial charge on any atom is 0.411 e. The summed E-state index contributed by atoms with van der Waals surface area (Å²) in [5.41, 5.74) is 1.15. The Morgan fingerprint density at radius 3 is 2.38 bits per heavy atom. The smallest absolute Gasteiger partial charge is 0.411 e. The van der Waals surface area contributed by atoms with E-state index in [1.807, 2.05) is 30.9 Å². The summed E-state index contributed by atoms with van der Waals surface area (Å²) in [4.78, 5) is 14.0. The molecule has 3 rings (SSSR count). The quantitative estimate of drug-likeness (QED) is 0.840. The van der Waals surface area contributed by atoms with E-state index in [0.29, 0.717) is 12.3 Å². The first kappa shape index (κ1) is 14.0. The second-order valence-corrected chi connectivity index (χ2v) is 6.22. The van der Waals surface area contributed by atoms with E-state index in [2.05, 4.69) is 6.92 Å². The number of carbonyl (C=O) groups is 1. The zero-order valence-corrected chi connectivity index (χ0v) is 13.1. The van der Waals surface area contributed by atoms with Gasteiger partial charge in [0.2, 0.25) is 0 Å². The van der Waals surface area contributed by atoms with Gasteiger partial charge < -0.3 is 14.2 Å². The van der Waals surface area contributed by atoms with Crippen molar-refractivity contribution in [1.82, 2.24) is 4.90 Å². The van der Waals surface area contributed by atoms with Gasteiger partial charge in [0.1, 0.15) is 11.1 Å². The van der Waals surface area contributed by atoms with E-state index in [9.17, 15) is 4.79 Å². The van der Waals surface area contributed by atoms with Crippen molar-refractivity contribution in [2.24, 2.45) is 0 Å². The van der Waals surface area contributed by atoms with Gasteiger partial charge in [-0.15, -0.1) is 0 Å². The Hall–Kier alpha value is -1.91. The number of fused-ring (bicyclic) bond motifs is 3. The lowest BCUT2D eigenvalue weighted by molar-refractivity contribution is 0.0190. The van der Waals surface area contributed by atoms with Crippen LogP contribution in [0.5, 0.6) is 11.5 Å². The number of methoxy groups -OCH3 is 2. The Bertz CT molecular complexity index is 611. The molecule has 1 aromatic carbocycles. The first-order valence-electron chi connectivity index (χ1n) is 7.11. The van der Waals surface area contributed by atoms with Crippen LogP contribution in [-0.2, 0) is 16.7 Å². The third-order valence-corrected chi connectivity index (χ3v) is 5.01. The Morgan fingerprint density at radius 1 is 1.14 bits per heavy atom. The highest BCUT2D eigenvalue weighted by molar-refractivity contribution is 5.74. The summed E-state index contributed by atoms with van der Waals surface area (Å²) in [6.45, 7) is 6.62. The minimum absolute atomic E-state index is 0.247. The van der Waals surface area contributed by atoms with Gasteiger partial charge in [-0.05, 0) is 50.5 Å². The van der Waals surface area contributed by atoms with Crippen molar-refractivity contribution < 1.29 is 19.0 Å². The minimum atomic E-state index is -0.598. The molecule has 21 heavy (non-hydrogen) atoms. The molecule has 1 aromatic rings. The molecule has 1 saturated heterocycles. The molecular weight excluding hydrogens is 270 g/mol. The second kappa shape index (κ2) is 4.29.